The molecule has 2 amide bonds. The van der Waals surface area contributed by atoms with Crippen LogP contribution in [-0.4, -0.2) is 44.6 Å². The summed E-state index contributed by atoms with van der Waals surface area (Å²) in [7, 11) is 0. The van der Waals surface area contributed by atoms with Crippen molar-refractivity contribution in [1.82, 2.24) is 14.5 Å². The molecule has 2 heterocycles. The highest BCUT2D eigenvalue weighted by atomic mass is 32.2. The molecular weight excluding hydrogens is 336 g/mol. The third-order valence-corrected chi connectivity index (χ3v) is 5.89. The number of likely N-dealkylation sites (tertiary alicyclic amines) is 1. The van der Waals surface area contributed by atoms with Gasteiger partial charge < -0.3 is 15.2 Å². The first-order valence-electron chi connectivity index (χ1n) is 8.99. The molecule has 0 spiro atoms. The molecule has 140 valence electrons. The standard InChI is InChI=1S/C18H30N4O2S/c1-11(2)10-22-13(4)12(3)20-18(22)25-14(5)17(24)21-8-6-15(7-9-21)16(19)23/h11,14-15H,6-10H2,1-5H3,(H2,19,23). The molecule has 1 aromatic heterocycles. The lowest BCUT2D eigenvalue weighted by Gasteiger charge is -2.32. The Bertz CT molecular complexity index is 633. The Labute approximate surface area is 154 Å². The maximum Gasteiger partial charge on any atom is 0.235 e. The van der Waals surface area contributed by atoms with Gasteiger partial charge in [-0.1, -0.05) is 25.6 Å². The molecule has 0 aromatic carbocycles. The third-order valence-electron chi connectivity index (χ3n) is 4.81. The zero-order valence-electron chi connectivity index (χ0n) is 15.9. The molecule has 7 heteroatoms. The Hall–Kier alpha value is -1.50. The monoisotopic (exact) mass is 366 g/mol. The SMILES string of the molecule is Cc1nc(SC(C)C(=O)N2CCC(C(N)=O)CC2)n(CC(C)C)c1C. The van der Waals surface area contributed by atoms with E-state index < -0.39 is 0 Å². The predicted octanol–water partition coefficient (Wildman–Crippen LogP) is 2.36. The molecule has 0 radical (unpaired) electrons. The highest BCUT2D eigenvalue weighted by Gasteiger charge is 2.29. The number of amides is 2. The van der Waals surface area contributed by atoms with Crippen LogP contribution < -0.4 is 5.73 Å². The lowest BCUT2D eigenvalue weighted by Crippen LogP contribution is -2.44. The first-order valence-corrected chi connectivity index (χ1v) is 9.87. The fraction of sp³-hybridized carbons (Fsp3) is 0.722. The predicted molar refractivity (Wildman–Crippen MR) is 100 cm³/mol. The van der Waals surface area contributed by atoms with Crippen molar-refractivity contribution >= 4 is 23.6 Å². The Kier molecular flexibility index (Phi) is 6.54. The van der Waals surface area contributed by atoms with E-state index in [0.29, 0.717) is 31.8 Å². The van der Waals surface area contributed by atoms with Gasteiger partial charge in [-0.3, -0.25) is 9.59 Å². The van der Waals surface area contributed by atoms with Crippen LogP contribution in [0, 0.1) is 25.7 Å². The molecule has 0 bridgehead atoms. The number of piperidine rings is 1. The van der Waals surface area contributed by atoms with E-state index >= 15 is 0 Å². The fourth-order valence-electron chi connectivity index (χ4n) is 3.14. The van der Waals surface area contributed by atoms with Crippen LogP contribution in [0.4, 0.5) is 0 Å². The minimum Gasteiger partial charge on any atom is -0.369 e. The van der Waals surface area contributed by atoms with E-state index in [2.05, 4.69) is 30.3 Å². The molecule has 25 heavy (non-hydrogen) atoms. The van der Waals surface area contributed by atoms with E-state index in [0.717, 1.165) is 23.1 Å². The van der Waals surface area contributed by atoms with Crippen LogP contribution >= 0.6 is 11.8 Å². The molecular formula is C18H30N4O2S. The minimum absolute atomic E-state index is 0.0951. The quantitative estimate of drug-likeness (QED) is 0.784. The van der Waals surface area contributed by atoms with E-state index in [1.807, 2.05) is 18.7 Å². The number of carbonyl (C=O) groups excluding carboxylic acids is 2. The van der Waals surface area contributed by atoms with Crippen LogP contribution in [0.15, 0.2) is 5.16 Å². The van der Waals surface area contributed by atoms with Gasteiger partial charge in [0.05, 0.1) is 10.9 Å². The Morgan fingerprint density at radius 1 is 1.24 bits per heavy atom. The van der Waals surface area contributed by atoms with Crippen molar-refractivity contribution in [2.75, 3.05) is 13.1 Å². The van der Waals surface area contributed by atoms with Gasteiger partial charge in [0.15, 0.2) is 5.16 Å². The van der Waals surface area contributed by atoms with Crippen molar-refractivity contribution in [2.24, 2.45) is 17.6 Å². The van der Waals surface area contributed by atoms with Crippen molar-refractivity contribution in [3.8, 4) is 0 Å². The van der Waals surface area contributed by atoms with Crippen molar-refractivity contribution < 1.29 is 9.59 Å². The van der Waals surface area contributed by atoms with E-state index in [4.69, 9.17) is 5.73 Å². The molecule has 1 fully saturated rings. The topological polar surface area (TPSA) is 81.2 Å². The summed E-state index contributed by atoms with van der Waals surface area (Å²) < 4.78 is 2.22. The lowest BCUT2D eigenvalue weighted by molar-refractivity contribution is -0.134. The largest absolute Gasteiger partial charge is 0.369 e. The number of imidazole rings is 1. The number of aryl methyl sites for hydroxylation is 1. The van der Waals surface area contributed by atoms with Crippen LogP contribution in [0.3, 0.4) is 0 Å². The molecule has 1 saturated heterocycles. The van der Waals surface area contributed by atoms with Gasteiger partial charge in [-0.25, -0.2) is 4.98 Å². The summed E-state index contributed by atoms with van der Waals surface area (Å²) in [4.78, 5) is 30.5. The average Bonchev–Trinajstić information content (AvgIpc) is 2.81. The van der Waals surface area contributed by atoms with Crippen LogP contribution in [0.5, 0.6) is 0 Å². The summed E-state index contributed by atoms with van der Waals surface area (Å²) in [6.07, 6.45) is 1.33. The third kappa shape index (κ3) is 4.77. The normalized spacial score (nSPS) is 17.1. The smallest absolute Gasteiger partial charge is 0.235 e. The molecule has 1 unspecified atom stereocenters. The second kappa shape index (κ2) is 8.25. The fourth-order valence-corrected chi connectivity index (χ4v) is 4.24. The van der Waals surface area contributed by atoms with Crippen molar-refractivity contribution in [1.29, 1.82) is 0 Å². The molecule has 6 nitrogen and oxygen atoms in total. The van der Waals surface area contributed by atoms with Gasteiger partial charge in [0, 0.05) is 31.2 Å². The van der Waals surface area contributed by atoms with E-state index in [1.165, 1.54) is 11.8 Å². The summed E-state index contributed by atoms with van der Waals surface area (Å²) in [5.74, 6) is 0.284. The molecule has 2 N–H and O–H groups in total. The maximum absolute atomic E-state index is 12.8. The van der Waals surface area contributed by atoms with Crippen LogP contribution in [-0.2, 0) is 16.1 Å². The number of nitrogens with zero attached hydrogens (tertiary/aromatic N) is 3. The molecule has 0 saturated carbocycles. The van der Waals surface area contributed by atoms with Gasteiger partial charge >= 0.3 is 0 Å². The van der Waals surface area contributed by atoms with E-state index in [1.54, 1.807) is 0 Å². The minimum atomic E-state index is -0.254. The number of aromatic nitrogens is 2. The molecule has 2 rings (SSSR count). The summed E-state index contributed by atoms with van der Waals surface area (Å²) in [6, 6.07) is 0. The summed E-state index contributed by atoms with van der Waals surface area (Å²) in [5, 5.41) is 0.716. The second-order valence-corrected chi connectivity index (χ2v) is 8.64. The van der Waals surface area contributed by atoms with Gasteiger partial charge in [-0.05, 0) is 39.5 Å². The average molecular weight is 367 g/mol. The number of primary amides is 1. The highest BCUT2D eigenvalue weighted by Crippen LogP contribution is 2.28. The Morgan fingerprint density at radius 3 is 2.36 bits per heavy atom. The Morgan fingerprint density at radius 2 is 1.84 bits per heavy atom. The zero-order chi connectivity index (χ0) is 18.7. The van der Waals surface area contributed by atoms with Gasteiger partial charge in [-0.15, -0.1) is 0 Å². The van der Waals surface area contributed by atoms with Crippen molar-refractivity contribution in [3.05, 3.63) is 11.4 Å². The van der Waals surface area contributed by atoms with Gasteiger partial charge in [0.1, 0.15) is 0 Å². The number of hydrogen-bond donors (Lipinski definition) is 1. The second-order valence-electron chi connectivity index (χ2n) is 7.33. The molecule has 1 aromatic rings. The molecule has 1 aliphatic rings. The van der Waals surface area contributed by atoms with Crippen molar-refractivity contribution in [3.63, 3.8) is 0 Å². The van der Waals surface area contributed by atoms with E-state index in [-0.39, 0.29) is 23.0 Å². The first kappa shape index (κ1) is 19.8. The maximum atomic E-state index is 12.8. The number of carbonyl (C=O) groups is 2. The summed E-state index contributed by atoms with van der Waals surface area (Å²) >= 11 is 1.53. The van der Waals surface area contributed by atoms with E-state index in [9.17, 15) is 9.59 Å². The molecule has 0 aliphatic carbocycles. The number of nitrogens with two attached hydrogens (primary N) is 1. The lowest BCUT2D eigenvalue weighted by atomic mass is 9.96. The van der Waals surface area contributed by atoms with Crippen LogP contribution in [0.1, 0.15) is 45.0 Å². The Balaban J connectivity index is 2.02. The molecule has 1 atom stereocenters. The first-order chi connectivity index (χ1) is 11.7. The summed E-state index contributed by atoms with van der Waals surface area (Å²) in [6.45, 7) is 12.5. The van der Waals surface area contributed by atoms with Gasteiger partial charge in [0.25, 0.3) is 0 Å². The van der Waals surface area contributed by atoms with Gasteiger partial charge in [0.2, 0.25) is 11.8 Å². The number of rotatable bonds is 6. The number of thioether (sulfide) groups is 1. The van der Waals surface area contributed by atoms with Crippen LogP contribution in [0.25, 0.3) is 0 Å². The van der Waals surface area contributed by atoms with Crippen molar-refractivity contribution in [2.45, 2.75) is 64.4 Å². The zero-order valence-corrected chi connectivity index (χ0v) is 16.7. The number of hydrogen-bond acceptors (Lipinski definition) is 4. The molecule has 1 aliphatic heterocycles. The van der Waals surface area contributed by atoms with Crippen LogP contribution in [0.2, 0.25) is 0 Å². The summed E-state index contributed by atoms with van der Waals surface area (Å²) in [5.41, 5.74) is 7.55. The highest BCUT2D eigenvalue weighted by molar-refractivity contribution is 8.00. The van der Waals surface area contributed by atoms with Gasteiger partial charge in [-0.2, -0.15) is 0 Å².